The Morgan fingerprint density at radius 3 is 2.45 bits per heavy atom. The molecule has 0 aromatic heterocycles. The summed E-state index contributed by atoms with van der Waals surface area (Å²) in [6, 6.07) is 8.28. The van der Waals surface area contributed by atoms with Gasteiger partial charge in [-0.05, 0) is 37.5 Å². The molecule has 0 saturated heterocycles. The number of carbonyl (C=O) groups is 1. The van der Waals surface area contributed by atoms with Crippen molar-refractivity contribution in [2.24, 2.45) is 0 Å². The van der Waals surface area contributed by atoms with Crippen LogP contribution in [-0.2, 0) is 11.3 Å². The van der Waals surface area contributed by atoms with Crippen LogP contribution >= 0.6 is 11.6 Å². The van der Waals surface area contributed by atoms with Crippen molar-refractivity contribution in [2.75, 3.05) is 32.7 Å². The highest BCUT2D eigenvalue weighted by molar-refractivity contribution is 6.32. The van der Waals surface area contributed by atoms with Gasteiger partial charge in [-0.2, -0.15) is 8.78 Å². The molecule has 1 fully saturated rings. The minimum absolute atomic E-state index is 0.0184. The molecule has 0 bridgehead atoms. The van der Waals surface area contributed by atoms with Gasteiger partial charge >= 0.3 is 6.61 Å². The molecule has 1 N–H and O–H groups in total. The summed E-state index contributed by atoms with van der Waals surface area (Å²) in [6.45, 7) is -0.277. The number of carbonyl (C=O) groups excluding carboxylic acids is 1. The third-order valence-electron chi connectivity index (χ3n) is 5.07. The van der Waals surface area contributed by atoms with Crippen molar-refractivity contribution in [1.29, 1.82) is 0 Å². The molecule has 1 saturated carbocycles. The van der Waals surface area contributed by atoms with Crippen LogP contribution in [0.2, 0.25) is 5.02 Å². The van der Waals surface area contributed by atoms with Gasteiger partial charge in [-0.25, -0.2) is 0 Å². The Morgan fingerprint density at radius 1 is 1.12 bits per heavy atom. The smallest absolute Gasteiger partial charge is 0.387 e. The van der Waals surface area contributed by atoms with Crippen molar-refractivity contribution in [2.45, 2.75) is 39.0 Å². The van der Waals surface area contributed by atoms with Crippen molar-refractivity contribution >= 4 is 23.2 Å². The third-order valence-corrected chi connectivity index (χ3v) is 5.36. The maximum Gasteiger partial charge on any atom is 0.387 e. The fourth-order valence-corrected chi connectivity index (χ4v) is 3.66. The molecular formula is C23H27ClF2N2O5. The summed E-state index contributed by atoms with van der Waals surface area (Å²) in [5, 5.41) is 3.22. The van der Waals surface area contributed by atoms with Gasteiger partial charge in [0.15, 0.2) is 11.5 Å². The van der Waals surface area contributed by atoms with Gasteiger partial charge < -0.3 is 24.3 Å². The lowest BCUT2D eigenvalue weighted by molar-refractivity contribution is -0.117. The summed E-state index contributed by atoms with van der Waals surface area (Å²) in [5.74, 6) is 0.834. The molecule has 1 amide bonds. The van der Waals surface area contributed by atoms with Crippen LogP contribution in [0.25, 0.3) is 0 Å². The Morgan fingerprint density at radius 2 is 1.85 bits per heavy atom. The molecule has 180 valence electrons. The SMILES string of the molecule is CCOc1cc(CN(CC(=O)Nc2cc(OC)c(Cl)cc2OC)C2CC2)ccc1OC(F)F. The van der Waals surface area contributed by atoms with E-state index in [1.165, 1.54) is 20.3 Å². The van der Waals surface area contributed by atoms with Crippen molar-refractivity contribution in [3.63, 3.8) is 0 Å². The summed E-state index contributed by atoms with van der Waals surface area (Å²) < 4.78 is 45.8. The number of ether oxygens (including phenoxy) is 4. The Bertz CT molecular complexity index is 972. The van der Waals surface area contributed by atoms with E-state index in [0.717, 1.165) is 18.4 Å². The highest BCUT2D eigenvalue weighted by Crippen LogP contribution is 2.36. The maximum atomic E-state index is 12.8. The molecule has 2 aromatic rings. The normalized spacial score (nSPS) is 13.2. The monoisotopic (exact) mass is 484 g/mol. The molecule has 0 spiro atoms. The van der Waals surface area contributed by atoms with E-state index in [9.17, 15) is 13.6 Å². The molecule has 7 nitrogen and oxygen atoms in total. The predicted molar refractivity (Wildman–Crippen MR) is 121 cm³/mol. The zero-order chi connectivity index (χ0) is 24.0. The van der Waals surface area contributed by atoms with E-state index in [4.69, 9.17) is 25.8 Å². The van der Waals surface area contributed by atoms with Crippen LogP contribution in [0.3, 0.4) is 0 Å². The highest BCUT2D eigenvalue weighted by Gasteiger charge is 2.31. The molecule has 0 aliphatic heterocycles. The van der Waals surface area contributed by atoms with Crippen LogP contribution in [0.4, 0.5) is 14.5 Å². The van der Waals surface area contributed by atoms with E-state index in [2.05, 4.69) is 10.1 Å². The van der Waals surface area contributed by atoms with E-state index >= 15 is 0 Å². The predicted octanol–water partition coefficient (Wildman–Crippen LogP) is 4.96. The minimum Gasteiger partial charge on any atom is -0.495 e. The van der Waals surface area contributed by atoms with Crippen LogP contribution in [0.5, 0.6) is 23.0 Å². The maximum absolute atomic E-state index is 12.8. The van der Waals surface area contributed by atoms with Gasteiger partial charge in [0.2, 0.25) is 5.91 Å². The molecule has 33 heavy (non-hydrogen) atoms. The molecular weight excluding hydrogens is 458 g/mol. The summed E-state index contributed by atoms with van der Waals surface area (Å²) in [4.78, 5) is 14.9. The van der Waals surface area contributed by atoms with Crippen LogP contribution in [0, 0.1) is 0 Å². The molecule has 2 aromatic carbocycles. The second kappa shape index (κ2) is 11.4. The van der Waals surface area contributed by atoms with Crippen molar-refractivity contribution < 1.29 is 32.5 Å². The van der Waals surface area contributed by atoms with Gasteiger partial charge in [-0.15, -0.1) is 0 Å². The standard InChI is InChI=1S/C23H27ClF2N2O5/c1-4-32-21-9-14(5-8-18(21)33-23(25)26)12-28(15-6-7-15)13-22(29)27-17-11-19(30-2)16(24)10-20(17)31-3/h5,8-11,15,23H,4,6-7,12-13H2,1-3H3,(H,27,29). The van der Waals surface area contributed by atoms with Gasteiger partial charge in [-0.1, -0.05) is 17.7 Å². The second-order valence-corrected chi connectivity index (χ2v) is 7.87. The average molecular weight is 485 g/mol. The molecule has 3 rings (SSSR count). The number of nitrogens with zero attached hydrogens (tertiary/aromatic N) is 1. The Kier molecular flexibility index (Phi) is 8.57. The van der Waals surface area contributed by atoms with Gasteiger partial charge in [-0.3, -0.25) is 9.69 Å². The summed E-state index contributed by atoms with van der Waals surface area (Å²) >= 11 is 6.13. The first kappa shape index (κ1) is 24.9. The number of alkyl halides is 2. The van der Waals surface area contributed by atoms with Crippen LogP contribution in [-0.4, -0.2) is 50.8 Å². The number of benzene rings is 2. The summed E-state index contributed by atoms with van der Waals surface area (Å²) in [6.07, 6.45) is 1.96. The van der Waals surface area contributed by atoms with Gasteiger partial charge in [0, 0.05) is 24.7 Å². The topological polar surface area (TPSA) is 69.3 Å². The Labute approximate surface area is 196 Å². The lowest BCUT2D eigenvalue weighted by atomic mass is 10.1. The quantitative estimate of drug-likeness (QED) is 0.459. The molecule has 0 radical (unpaired) electrons. The first-order chi connectivity index (χ1) is 15.8. The zero-order valence-corrected chi connectivity index (χ0v) is 19.5. The Hall–Kier alpha value is -2.78. The molecule has 0 heterocycles. The fourth-order valence-electron chi connectivity index (χ4n) is 3.43. The first-order valence-electron chi connectivity index (χ1n) is 10.5. The largest absolute Gasteiger partial charge is 0.495 e. The molecule has 1 aliphatic carbocycles. The summed E-state index contributed by atoms with van der Waals surface area (Å²) in [5.41, 5.74) is 1.28. The zero-order valence-electron chi connectivity index (χ0n) is 18.7. The minimum atomic E-state index is -2.94. The van der Waals surface area contributed by atoms with E-state index in [1.54, 1.807) is 31.2 Å². The molecule has 0 atom stereocenters. The highest BCUT2D eigenvalue weighted by atomic mass is 35.5. The number of hydrogen-bond donors (Lipinski definition) is 1. The number of amides is 1. The number of anilines is 1. The van der Waals surface area contributed by atoms with Crippen LogP contribution in [0.15, 0.2) is 30.3 Å². The van der Waals surface area contributed by atoms with E-state index in [1.807, 2.05) is 4.90 Å². The second-order valence-electron chi connectivity index (χ2n) is 7.46. The van der Waals surface area contributed by atoms with Crippen LogP contribution < -0.4 is 24.3 Å². The van der Waals surface area contributed by atoms with E-state index in [0.29, 0.717) is 35.4 Å². The van der Waals surface area contributed by atoms with Crippen molar-refractivity contribution in [3.05, 3.63) is 40.9 Å². The number of nitrogens with one attached hydrogen (secondary N) is 1. The van der Waals surface area contributed by atoms with E-state index < -0.39 is 6.61 Å². The molecule has 0 unspecified atom stereocenters. The van der Waals surface area contributed by atoms with Crippen molar-refractivity contribution in [3.8, 4) is 23.0 Å². The van der Waals surface area contributed by atoms with Crippen LogP contribution in [0.1, 0.15) is 25.3 Å². The third kappa shape index (κ3) is 6.85. The molecule has 1 aliphatic rings. The van der Waals surface area contributed by atoms with Crippen molar-refractivity contribution in [1.82, 2.24) is 4.90 Å². The number of methoxy groups -OCH3 is 2. The fraction of sp³-hybridized carbons (Fsp3) is 0.435. The number of rotatable bonds is 12. The average Bonchev–Trinajstić information content (AvgIpc) is 3.61. The Balaban J connectivity index is 1.72. The summed E-state index contributed by atoms with van der Waals surface area (Å²) in [7, 11) is 2.98. The van der Waals surface area contributed by atoms with Gasteiger partial charge in [0.25, 0.3) is 0 Å². The van der Waals surface area contributed by atoms with Gasteiger partial charge in [0.05, 0.1) is 38.1 Å². The van der Waals surface area contributed by atoms with E-state index in [-0.39, 0.29) is 30.0 Å². The lowest BCUT2D eigenvalue weighted by Crippen LogP contribution is -2.34. The van der Waals surface area contributed by atoms with Gasteiger partial charge in [0.1, 0.15) is 11.5 Å². The first-order valence-corrected chi connectivity index (χ1v) is 10.9. The molecule has 10 heteroatoms. The number of hydrogen-bond acceptors (Lipinski definition) is 6. The number of halogens is 3. The lowest BCUT2D eigenvalue weighted by Gasteiger charge is -2.23.